The molecule has 134 valence electrons. The molecule has 0 heterocycles. The molecule has 0 saturated heterocycles. The minimum Gasteiger partial charge on any atom is -0.447 e. The molecule has 2 aromatic rings. The van der Waals surface area contributed by atoms with E-state index in [2.05, 4.69) is 5.32 Å². The molecule has 0 spiro atoms. The maximum Gasteiger partial charge on any atom is 0.310 e. The highest BCUT2D eigenvalue weighted by molar-refractivity contribution is 5.96. The van der Waals surface area contributed by atoms with Crippen molar-refractivity contribution in [3.8, 4) is 0 Å². The number of halogens is 1. The Morgan fingerprint density at radius 2 is 1.77 bits per heavy atom. The molecule has 0 bridgehead atoms. The lowest BCUT2D eigenvalue weighted by molar-refractivity contribution is -0.159. The molecule has 1 N–H and O–H groups in total. The van der Waals surface area contributed by atoms with E-state index < -0.39 is 12.0 Å². The van der Waals surface area contributed by atoms with Crippen LogP contribution in [0.2, 0.25) is 0 Å². The molecule has 1 amide bonds. The smallest absolute Gasteiger partial charge is 0.310 e. The van der Waals surface area contributed by atoms with Crippen LogP contribution in [0.3, 0.4) is 0 Å². The van der Waals surface area contributed by atoms with Gasteiger partial charge in [0.15, 0.2) is 0 Å². The second-order valence-electron chi connectivity index (χ2n) is 6.21. The zero-order valence-corrected chi connectivity index (χ0v) is 14.2. The number of amides is 1. The van der Waals surface area contributed by atoms with Crippen LogP contribution < -0.4 is 5.32 Å². The molecule has 0 fully saturated rings. The summed E-state index contributed by atoms with van der Waals surface area (Å²) in [5.74, 6) is -1.47. The highest BCUT2D eigenvalue weighted by atomic mass is 19.1. The van der Waals surface area contributed by atoms with Crippen molar-refractivity contribution in [2.45, 2.75) is 25.4 Å². The molecule has 5 heteroatoms. The van der Waals surface area contributed by atoms with Gasteiger partial charge in [0, 0.05) is 11.3 Å². The summed E-state index contributed by atoms with van der Waals surface area (Å²) in [4.78, 5) is 25.2. The molecule has 2 atom stereocenters. The molecule has 1 aliphatic carbocycles. The normalized spacial score (nSPS) is 17.3. The first-order valence-electron chi connectivity index (χ1n) is 8.60. The molecule has 2 aromatic carbocycles. The molecule has 1 aliphatic rings. The van der Waals surface area contributed by atoms with Crippen molar-refractivity contribution in [3.05, 3.63) is 78.1 Å². The average molecular weight is 353 g/mol. The number of ether oxygens (including phenoxy) is 1. The van der Waals surface area contributed by atoms with Gasteiger partial charge in [-0.3, -0.25) is 9.59 Å². The summed E-state index contributed by atoms with van der Waals surface area (Å²) < 4.78 is 18.6. The number of esters is 1. The number of allylic oxidation sites excluding steroid dienone is 2. The van der Waals surface area contributed by atoms with Crippen LogP contribution in [0.1, 0.15) is 30.9 Å². The minimum atomic E-state index is -1.06. The Labute approximate surface area is 151 Å². The van der Waals surface area contributed by atoms with Crippen molar-refractivity contribution >= 4 is 17.6 Å². The number of benzene rings is 2. The molecule has 0 aliphatic heterocycles. The van der Waals surface area contributed by atoms with Crippen LogP contribution in [0.5, 0.6) is 0 Å². The number of carbonyl (C=O) groups is 2. The highest BCUT2D eigenvalue weighted by Gasteiger charge is 2.29. The lowest BCUT2D eigenvalue weighted by Crippen LogP contribution is -2.29. The summed E-state index contributed by atoms with van der Waals surface area (Å²) in [6.45, 7) is 0. The standard InChI is InChI=1S/C21H20FNO3/c22-17-11-13-18(14-12-17)23-20(24)19(15-7-3-1-4-8-15)26-21(25)16-9-5-2-6-10-16/h1-5,7-8,11-14,16,19H,6,9-10H2,(H,23,24)/t16-,19-/m1/s1. The third-order valence-electron chi connectivity index (χ3n) is 4.29. The van der Waals surface area contributed by atoms with Crippen LogP contribution in [0.25, 0.3) is 0 Å². The highest BCUT2D eigenvalue weighted by Crippen LogP contribution is 2.25. The molecule has 0 aromatic heterocycles. The Bertz CT molecular complexity index is 787. The number of carbonyl (C=O) groups excluding carboxylic acids is 2. The van der Waals surface area contributed by atoms with E-state index >= 15 is 0 Å². The molecule has 3 rings (SSSR count). The van der Waals surface area contributed by atoms with Crippen LogP contribution in [-0.4, -0.2) is 11.9 Å². The van der Waals surface area contributed by atoms with Crippen molar-refractivity contribution in [1.29, 1.82) is 0 Å². The lowest BCUT2D eigenvalue weighted by Gasteiger charge is -2.22. The van der Waals surface area contributed by atoms with Crippen LogP contribution >= 0.6 is 0 Å². The fraction of sp³-hybridized carbons (Fsp3) is 0.238. The molecular formula is C21H20FNO3. The van der Waals surface area contributed by atoms with E-state index in [9.17, 15) is 14.0 Å². The molecular weight excluding hydrogens is 333 g/mol. The summed E-state index contributed by atoms with van der Waals surface area (Å²) in [6.07, 6.45) is 5.12. The monoisotopic (exact) mass is 353 g/mol. The van der Waals surface area contributed by atoms with Gasteiger partial charge in [-0.05, 0) is 43.5 Å². The zero-order valence-electron chi connectivity index (χ0n) is 14.2. The van der Waals surface area contributed by atoms with Crippen molar-refractivity contribution in [1.82, 2.24) is 0 Å². The van der Waals surface area contributed by atoms with E-state index in [0.717, 1.165) is 12.8 Å². The Morgan fingerprint density at radius 1 is 1.04 bits per heavy atom. The first-order chi connectivity index (χ1) is 12.6. The van der Waals surface area contributed by atoms with Gasteiger partial charge in [0.25, 0.3) is 5.91 Å². The van der Waals surface area contributed by atoms with E-state index in [0.29, 0.717) is 17.7 Å². The van der Waals surface area contributed by atoms with Crippen LogP contribution in [0, 0.1) is 11.7 Å². The van der Waals surface area contributed by atoms with E-state index in [1.165, 1.54) is 24.3 Å². The van der Waals surface area contributed by atoms with Gasteiger partial charge in [-0.15, -0.1) is 0 Å². The fourth-order valence-corrected chi connectivity index (χ4v) is 2.86. The molecule has 26 heavy (non-hydrogen) atoms. The van der Waals surface area contributed by atoms with Crippen LogP contribution in [-0.2, 0) is 14.3 Å². The molecule has 0 unspecified atom stereocenters. The second-order valence-corrected chi connectivity index (χ2v) is 6.21. The third-order valence-corrected chi connectivity index (χ3v) is 4.29. The van der Waals surface area contributed by atoms with Gasteiger partial charge in [0.2, 0.25) is 6.10 Å². The zero-order chi connectivity index (χ0) is 18.4. The Morgan fingerprint density at radius 3 is 2.42 bits per heavy atom. The predicted octanol–water partition coefficient (Wildman–Crippen LogP) is 4.41. The fourth-order valence-electron chi connectivity index (χ4n) is 2.86. The second kappa shape index (κ2) is 8.43. The quantitative estimate of drug-likeness (QED) is 0.640. The SMILES string of the molecule is O=C(O[C@@H](C(=O)Nc1ccc(F)cc1)c1ccccc1)[C@@H]1CC=CCC1. The van der Waals surface area contributed by atoms with Gasteiger partial charge in [0.05, 0.1) is 5.92 Å². The lowest BCUT2D eigenvalue weighted by atomic mass is 9.94. The van der Waals surface area contributed by atoms with Gasteiger partial charge in [-0.25, -0.2) is 4.39 Å². The predicted molar refractivity (Wildman–Crippen MR) is 96.8 cm³/mol. The van der Waals surface area contributed by atoms with Crippen molar-refractivity contribution in [3.63, 3.8) is 0 Å². The molecule has 0 radical (unpaired) electrons. The average Bonchev–Trinajstić information content (AvgIpc) is 2.69. The Hall–Kier alpha value is -2.95. The third kappa shape index (κ3) is 4.57. The summed E-state index contributed by atoms with van der Waals surface area (Å²) in [6, 6.07) is 14.3. The minimum absolute atomic E-state index is 0.232. The van der Waals surface area contributed by atoms with E-state index in [1.807, 2.05) is 18.2 Å². The van der Waals surface area contributed by atoms with Gasteiger partial charge in [-0.1, -0.05) is 42.5 Å². The molecule has 4 nitrogen and oxygen atoms in total. The van der Waals surface area contributed by atoms with E-state index in [4.69, 9.17) is 4.74 Å². The van der Waals surface area contributed by atoms with E-state index in [-0.39, 0.29) is 17.7 Å². The van der Waals surface area contributed by atoms with Gasteiger partial charge >= 0.3 is 5.97 Å². The number of nitrogens with one attached hydrogen (secondary N) is 1. The first-order valence-corrected chi connectivity index (χ1v) is 8.60. The van der Waals surface area contributed by atoms with Gasteiger partial charge < -0.3 is 10.1 Å². The van der Waals surface area contributed by atoms with Crippen LogP contribution in [0.4, 0.5) is 10.1 Å². The number of anilines is 1. The summed E-state index contributed by atoms with van der Waals surface area (Å²) >= 11 is 0. The summed E-state index contributed by atoms with van der Waals surface area (Å²) in [5.41, 5.74) is 1.03. The maximum atomic E-state index is 13.0. The van der Waals surface area contributed by atoms with Gasteiger partial charge in [-0.2, -0.15) is 0 Å². The largest absolute Gasteiger partial charge is 0.447 e. The number of rotatable bonds is 5. The number of hydrogen-bond donors (Lipinski definition) is 1. The maximum absolute atomic E-state index is 13.0. The topological polar surface area (TPSA) is 55.4 Å². The van der Waals surface area contributed by atoms with Crippen molar-refractivity contribution in [2.75, 3.05) is 5.32 Å². The van der Waals surface area contributed by atoms with Crippen molar-refractivity contribution in [2.24, 2.45) is 5.92 Å². The Kier molecular flexibility index (Phi) is 5.79. The summed E-state index contributed by atoms with van der Waals surface area (Å²) in [7, 11) is 0. The first kappa shape index (κ1) is 17.9. The Balaban J connectivity index is 1.76. The summed E-state index contributed by atoms with van der Waals surface area (Å²) in [5, 5.41) is 2.68. The van der Waals surface area contributed by atoms with E-state index in [1.54, 1.807) is 24.3 Å². The van der Waals surface area contributed by atoms with Crippen molar-refractivity contribution < 1.29 is 18.7 Å². The van der Waals surface area contributed by atoms with Gasteiger partial charge in [0.1, 0.15) is 5.82 Å². The number of hydrogen-bond acceptors (Lipinski definition) is 3. The van der Waals surface area contributed by atoms with Crippen LogP contribution in [0.15, 0.2) is 66.7 Å². The molecule has 0 saturated carbocycles.